The lowest BCUT2D eigenvalue weighted by Crippen LogP contribution is -2.40. The minimum Gasteiger partial charge on any atom is -0.466 e. The molecule has 3 aromatic rings. The minimum absolute atomic E-state index is 0.0214. The molecule has 2 aromatic heterocycles. The average molecular weight is 393 g/mol. The molecule has 3 amide bonds. The summed E-state index contributed by atoms with van der Waals surface area (Å²) in [5.41, 5.74) is 6.32. The molecule has 0 radical (unpaired) electrons. The number of benzene rings is 1. The highest BCUT2D eigenvalue weighted by molar-refractivity contribution is 6.06. The quantitative estimate of drug-likeness (QED) is 0.560. The lowest BCUT2D eigenvalue weighted by atomic mass is 9.99. The normalized spacial score (nSPS) is 18.8. The number of para-hydroxylation sites is 1. The van der Waals surface area contributed by atoms with Gasteiger partial charge in [0.15, 0.2) is 11.4 Å². The monoisotopic (exact) mass is 393 g/mol. The predicted octanol–water partition coefficient (Wildman–Crippen LogP) is 2.07. The summed E-state index contributed by atoms with van der Waals surface area (Å²) in [5, 5.41) is 5.73. The summed E-state index contributed by atoms with van der Waals surface area (Å²) in [4.78, 5) is 38.8. The molecule has 1 fully saturated rings. The Morgan fingerprint density at radius 2 is 1.97 bits per heavy atom. The third kappa shape index (κ3) is 3.35. The SMILES string of the molecule is Cc1ccccc1Nc1nc(N)nc(CN2C(=O)N[C@](C)(c3ccco3)C2=O)n1. The summed E-state index contributed by atoms with van der Waals surface area (Å²) in [5.74, 6) is 0.260. The summed E-state index contributed by atoms with van der Waals surface area (Å²) < 4.78 is 5.32. The fourth-order valence-electron chi connectivity index (χ4n) is 3.11. The van der Waals surface area contributed by atoms with Crippen LogP contribution in [0.3, 0.4) is 0 Å². The number of carbonyl (C=O) groups excluding carboxylic acids is 2. The number of hydrogen-bond acceptors (Lipinski definition) is 8. The summed E-state index contributed by atoms with van der Waals surface area (Å²) >= 11 is 0. The predicted molar refractivity (Wildman–Crippen MR) is 104 cm³/mol. The molecule has 1 aliphatic rings. The van der Waals surface area contributed by atoms with Gasteiger partial charge in [-0.25, -0.2) is 4.79 Å². The number of aromatic nitrogens is 3. The molecule has 1 saturated heterocycles. The van der Waals surface area contributed by atoms with Gasteiger partial charge in [-0.05, 0) is 37.6 Å². The molecule has 4 rings (SSSR count). The number of anilines is 3. The highest BCUT2D eigenvalue weighted by Crippen LogP contribution is 2.30. The number of nitrogen functional groups attached to an aromatic ring is 1. The average Bonchev–Trinajstić information content (AvgIpc) is 3.28. The van der Waals surface area contributed by atoms with Crippen LogP contribution in [0.4, 0.5) is 22.4 Å². The summed E-state index contributed by atoms with van der Waals surface area (Å²) in [7, 11) is 0. The molecule has 3 heterocycles. The number of furan rings is 1. The molecular weight excluding hydrogens is 374 g/mol. The first kappa shape index (κ1) is 18.4. The van der Waals surface area contributed by atoms with Gasteiger partial charge in [0, 0.05) is 5.69 Å². The smallest absolute Gasteiger partial charge is 0.325 e. The Morgan fingerprint density at radius 3 is 2.69 bits per heavy atom. The van der Waals surface area contributed by atoms with E-state index in [4.69, 9.17) is 10.2 Å². The van der Waals surface area contributed by atoms with Crippen molar-refractivity contribution in [1.82, 2.24) is 25.2 Å². The van der Waals surface area contributed by atoms with Crippen molar-refractivity contribution in [1.29, 1.82) is 0 Å². The molecule has 0 saturated carbocycles. The van der Waals surface area contributed by atoms with E-state index < -0.39 is 17.5 Å². The summed E-state index contributed by atoms with van der Waals surface area (Å²) in [6, 6.07) is 10.3. The van der Waals surface area contributed by atoms with Crippen LogP contribution >= 0.6 is 0 Å². The maximum atomic E-state index is 12.9. The van der Waals surface area contributed by atoms with E-state index in [2.05, 4.69) is 25.6 Å². The van der Waals surface area contributed by atoms with Crippen LogP contribution in [0.2, 0.25) is 0 Å². The Kier molecular flexibility index (Phi) is 4.38. The summed E-state index contributed by atoms with van der Waals surface area (Å²) in [6.45, 7) is 3.37. The van der Waals surface area contributed by atoms with E-state index in [9.17, 15) is 9.59 Å². The van der Waals surface area contributed by atoms with Crippen molar-refractivity contribution in [3.05, 3.63) is 59.8 Å². The lowest BCUT2D eigenvalue weighted by Gasteiger charge is -2.18. The third-order valence-electron chi connectivity index (χ3n) is 4.68. The van der Waals surface area contributed by atoms with Gasteiger partial charge in [0.05, 0.1) is 12.8 Å². The Bertz CT molecular complexity index is 1080. The maximum absolute atomic E-state index is 12.9. The van der Waals surface area contributed by atoms with Gasteiger partial charge in [0.2, 0.25) is 11.9 Å². The Labute approximate surface area is 166 Å². The second-order valence-electron chi connectivity index (χ2n) is 6.80. The molecule has 1 atom stereocenters. The van der Waals surface area contributed by atoms with Gasteiger partial charge >= 0.3 is 6.03 Å². The van der Waals surface area contributed by atoms with E-state index in [1.165, 1.54) is 6.26 Å². The molecule has 1 aromatic carbocycles. The number of amides is 3. The fraction of sp³-hybridized carbons (Fsp3) is 0.211. The van der Waals surface area contributed by atoms with Crippen LogP contribution in [-0.2, 0) is 16.9 Å². The van der Waals surface area contributed by atoms with Gasteiger partial charge < -0.3 is 20.8 Å². The standard InChI is InChI=1S/C19H19N7O3/c1-11-6-3-4-7-12(11)21-17-23-14(22-16(20)24-17)10-26-15(27)19(2,25-18(26)28)13-8-5-9-29-13/h3-9H,10H2,1-2H3,(H,25,28)(H3,20,21,22,23,24)/t19-/m1/s1. The highest BCUT2D eigenvalue weighted by atomic mass is 16.3. The number of carbonyl (C=O) groups is 2. The first-order valence-corrected chi connectivity index (χ1v) is 8.88. The largest absolute Gasteiger partial charge is 0.466 e. The third-order valence-corrected chi connectivity index (χ3v) is 4.68. The molecule has 0 spiro atoms. The zero-order chi connectivity index (χ0) is 20.6. The van der Waals surface area contributed by atoms with Crippen LogP contribution in [0.5, 0.6) is 0 Å². The van der Waals surface area contributed by atoms with Crippen LogP contribution in [0.15, 0.2) is 47.1 Å². The van der Waals surface area contributed by atoms with Crippen molar-refractivity contribution in [3.8, 4) is 0 Å². The van der Waals surface area contributed by atoms with E-state index in [1.807, 2.05) is 31.2 Å². The van der Waals surface area contributed by atoms with Crippen LogP contribution < -0.4 is 16.4 Å². The molecule has 10 nitrogen and oxygen atoms in total. The zero-order valence-electron chi connectivity index (χ0n) is 15.8. The molecule has 0 unspecified atom stereocenters. The zero-order valence-corrected chi connectivity index (χ0v) is 15.8. The van der Waals surface area contributed by atoms with Crippen molar-refractivity contribution in [3.63, 3.8) is 0 Å². The minimum atomic E-state index is -1.29. The van der Waals surface area contributed by atoms with Crippen LogP contribution in [0.25, 0.3) is 0 Å². The van der Waals surface area contributed by atoms with Crippen molar-refractivity contribution in [2.24, 2.45) is 0 Å². The molecule has 29 heavy (non-hydrogen) atoms. The molecular formula is C19H19N7O3. The molecule has 0 bridgehead atoms. The van der Waals surface area contributed by atoms with Crippen molar-refractivity contribution in [2.45, 2.75) is 25.9 Å². The number of nitrogens with one attached hydrogen (secondary N) is 2. The highest BCUT2D eigenvalue weighted by Gasteiger charge is 2.51. The van der Waals surface area contributed by atoms with Gasteiger partial charge in [-0.2, -0.15) is 15.0 Å². The lowest BCUT2D eigenvalue weighted by molar-refractivity contribution is -0.132. The second-order valence-corrected chi connectivity index (χ2v) is 6.80. The fourth-order valence-corrected chi connectivity index (χ4v) is 3.11. The number of nitrogens with two attached hydrogens (primary N) is 1. The number of imide groups is 1. The maximum Gasteiger partial charge on any atom is 0.325 e. The molecule has 1 aliphatic heterocycles. The first-order valence-electron chi connectivity index (χ1n) is 8.88. The van der Waals surface area contributed by atoms with Crippen molar-refractivity contribution in [2.75, 3.05) is 11.1 Å². The number of hydrogen-bond donors (Lipinski definition) is 3. The van der Waals surface area contributed by atoms with Gasteiger partial charge in [-0.15, -0.1) is 0 Å². The van der Waals surface area contributed by atoms with Gasteiger partial charge in [0.25, 0.3) is 5.91 Å². The van der Waals surface area contributed by atoms with E-state index in [0.717, 1.165) is 16.2 Å². The first-order chi connectivity index (χ1) is 13.9. The Balaban J connectivity index is 1.58. The topological polar surface area (TPSA) is 139 Å². The van der Waals surface area contributed by atoms with Crippen LogP contribution in [-0.4, -0.2) is 31.8 Å². The van der Waals surface area contributed by atoms with E-state index in [0.29, 0.717) is 5.76 Å². The van der Waals surface area contributed by atoms with Gasteiger partial charge in [-0.1, -0.05) is 18.2 Å². The van der Waals surface area contributed by atoms with Crippen molar-refractivity contribution < 1.29 is 14.0 Å². The number of aryl methyl sites for hydroxylation is 1. The number of urea groups is 1. The Hall–Kier alpha value is -3.95. The van der Waals surface area contributed by atoms with Gasteiger partial charge in [-0.3, -0.25) is 9.69 Å². The van der Waals surface area contributed by atoms with E-state index >= 15 is 0 Å². The molecule has 0 aliphatic carbocycles. The van der Waals surface area contributed by atoms with E-state index in [1.54, 1.807) is 19.1 Å². The molecule has 10 heteroatoms. The molecule has 148 valence electrons. The van der Waals surface area contributed by atoms with Gasteiger partial charge in [0.1, 0.15) is 5.76 Å². The van der Waals surface area contributed by atoms with Crippen LogP contribution in [0.1, 0.15) is 24.1 Å². The summed E-state index contributed by atoms with van der Waals surface area (Å²) in [6.07, 6.45) is 1.44. The van der Waals surface area contributed by atoms with Crippen LogP contribution in [0, 0.1) is 6.92 Å². The Morgan fingerprint density at radius 1 is 1.17 bits per heavy atom. The number of nitrogens with zero attached hydrogens (tertiary/aromatic N) is 4. The second kappa shape index (κ2) is 6.89. The molecule has 4 N–H and O–H groups in total. The van der Waals surface area contributed by atoms with E-state index in [-0.39, 0.29) is 24.3 Å². The van der Waals surface area contributed by atoms with Crippen molar-refractivity contribution >= 4 is 29.5 Å². The number of rotatable bonds is 5.